The summed E-state index contributed by atoms with van der Waals surface area (Å²) in [5.41, 5.74) is 0.843. The Bertz CT molecular complexity index is 262. The Morgan fingerprint density at radius 1 is 1.36 bits per heavy atom. The van der Waals surface area contributed by atoms with Gasteiger partial charge in [0, 0.05) is 0 Å². The van der Waals surface area contributed by atoms with Crippen molar-refractivity contribution in [3.63, 3.8) is 0 Å². The van der Waals surface area contributed by atoms with E-state index in [-0.39, 0.29) is 5.57 Å². The minimum absolute atomic E-state index is 0.172. The fraction of sp³-hybridized carbons (Fsp3) is 0. The van der Waals surface area contributed by atoms with Crippen LogP contribution in [0.25, 0.3) is 5.57 Å². The second-order valence-electron chi connectivity index (χ2n) is 2.01. The largest absolute Gasteiger partial charge is 0.515 e. The first-order valence-corrected chi connectivity index (χ1v) is 3.16. The Kier molecular flexibility index (Phi) is 2.44. The van der Waals surface area contributed by atoms with Crippen molar-refractivity contribution in [3.8, 4) is 0 Å². The van der Waals surface area contributed by atoms with E-state index in [0.717, 1.165) is 6.26 Å². The van der Waals surface area contributed by atoms with Gasteiger partial charge in [-0.3, -0.25) is 4.79 Å². The van der Waals surface area contributed by atoms with Gasteiger partial charge in [-0.2, -0.15) is 0 Å². The van der Waals surface area contributed by atoms with Crippen LogP contribution in [-0.2, 0) is 4.79 Å². The first kappa shape index (κ1) is 7.54. The molecule has 0 amide bonds. The molecule has 1 radical (unpaired) electrons. The predicted molar refractivity (Wildman–Crippen MR) is 42.7 cm³/mol. The molecule has 1 rings (SSSR count). The third-order valence-corrected chi connectivity index (χ3v) is 1.32. The molecule has 2 heteroatoms. The minimum Gasteiger partial charge on any atom is -0.515 e. The van der Waals surface area contributed by atoms with Crippen LogP contribution in [0.2, 0.25) is 0 Å². The van der Waals surface area contributed by atoms with E-state index in [2.05, 4.69) is 0 Å². The first-order valence-electron chi connectivity index (χ1n) is 3.16. The van der Waals surface area contributed by atoms with Gasteiger partial charge < -0.3 is 5.11 Å². The molecule has 0 saturated heterocycles. The average molecular weight is 147 g/mol. The predicted octanol–water partition coefficient (Wildman–Crippen LogP) is 1.70. The van der Waals surface area contributed by atoms with Crippen molar-refractivity contribution < 1.29 is 9.90 Å². The van der Waals surface area contributed by atoms with Crippen molar-refractivity contribution in [2.45, 2.75) is 0 Å². The van der Waals surface area contributed by atoms with Gasteiger partial charge in [-0.05, 0) is 5.56 Å². The number of hydrogen-bond acceptors (Lipinski definition) is 2. The van der Waals surface area contributed by atoms with Crippen LogP contribution < -0.4 is 0 Å². The molecule has 0 unspecified atom stereocenters. The first-order chi connectivity index (χ1) is 5.38. The van der Waals surface area contributed by atoms with E-state index in [4.69, 9.17) is 5.11 Å². The summed E-state index contributed by atoms with van der Waals surface area (Å²) in [7, 11) is 0. The Hall–Kier alpha value is -1.57. The second kappa shape index (κ2) is 3.56. The zero-order valence-corrected chi connectivity index (χ0v) is 5.82. The van der Waals surface area contributed by atoms with Gasteiger partial charge >= 0.3 is 0 Å². The number of benzene rings is 1. The number of hydrogen-bond donors (Lipinski definition) is 1. The lowest BCUT2D eigenvalue weighted by atomic mass is 10.1. The van der Waals surface area contributed by atoms with E-state index in [9.17, 15) is 4.79 Å². The van der Waals surface area contributed by atoms with Gasteiger partial charge in [-0.1, -0.05) is 30.3 Å². The van der Waals surface area contributed by atoms with Gasteiger partial charge in [-0.25, -0.2) is 0 Å². The molecule has 55 valence electrons. The summed E-state index contributed by atoms with van der Waals surface area (Å²) in [6, 6.07) is 8.87. The van der Waals surface area contributed by atoms with Crippen LogP contribution in [-0.4, -0.2) is 11.4 Å². The highest BCUT2D eigenvalue weighted by atomic mass is 16.2. The molecule has 0 aliphatic rings. The van der Waals surface area contributed by atoms with Crippen molar-refractivity contribution >= 4 is 11.9 Å². The molecule has 0 aliphatic carbocycles. The molecule has 0 saturated carbocycles. The average Bonchev–Trinajstić information content (AvgIpc) is 2.09. The summed E-state index contributed by atoms with van der Waals surface area (Å²) in [6.45, 7) is 0. The van der Waals surface area contributed by atoms with E-state index < -0.39 is 0 Å². The molecule has 0 atom stereocenters. The van der Waals surface area contributed by atoms with E-state index in [1.807, 2.05) is 6.07 Å². The molecule has 1 aromatic carbocycles. The molecule has 0 fully saturated rings. The third-order valence-electron chi connectivity index (χ3n) is 1.32. The highest BCUT2D eigenvalue weighted by molar-refractivity contribution is 6.06. The number of allylic oxidation sites excluding steroid dienone is 1. The van der Waals surface area contributed by atoms with Crippen LogP contribution in [0.5, 0.6) is 0 Å². The molecule has 0 aliphatic heterocycles. The minimum atomic E-state index is 0.172. The zero-order valence-electron chi connectivity index (χ0n) is 5.82. The maximum Gasteiger partial charge on any atom is 0.237 e. The SMILES string of the molecule is O=[C]C(=CO)c1ccccc1. The van der Waals surface area contributed by atoms with E-state index in [1.54, 1.807) is 30.6 Å². The van der Waals surface area contributed by atoms with E-state index in [0.29, 0.717) is 5.56 Å². The van der Waals surface area contributed by atoms with Crippen LogP contribution in [0.4, 0.5) is 0 Å². The van der Waals surface area contributed by atoms with Crippen LogP contribution in [0, 0.1) is 0 Å². The van der Waals surface area contributed by atoms with E-state index >= 15 is 0 Å². The Labute approximate surface area is 64.8 Å². The van der Waals surface area contributed by atoms with Gasteiger partial charge in [0.2, 0.25) is 6.29 Å². The standard InChI is InChI=1S/C9H7O2/c10-6-9(7-11)8-4-2-1-3-5-8/h1-6,10H. The fourth-order valence-corrected chi connectivity index (χ4v) is 0.778. The van der Waals surface area contributed by atoms with Gasteiger partial charge in [0.25, 0.3) is 0 Å². The van der Waals surface area contributed by atoms with Gasteiger partial charge in [-0.15, -0.1) is 0 Å². The smallest absolute Gasteiger partial charge is 0.237 e. The van der Waals surface area contributed by atoms with Gasteiger partial charge in [0.15, 0.2) is 0 Å². The van der Waals surface area contributed by atoms with Crippen LogP contribution >= 0.6 is 0 Å². The van der Waals surface area contributed by atoms with Crippen molar-refractivity contribution in [2.24, 2.45) is 0 Å². The van der Waals surface area contributed by atoms with Gasteiger partial charge in [0.05, 0.1) is 11.8 Å². The lowest BCUT2D eigenvalue weighted by Gasteiger charge is -1.94. The van der Waals surface area contributed by atoms with Crippen molar-refractivity contribution in [1.82, 2.24) is 0 Å². The Morgan fingerprint density at radius 3 is 2.45 bits per heavy atom. The third kappa shape index (κ3) is 1.67. The number of carbonyl (C=O) groups excluding carboxylic acids is 1. The zero-order chi connectivity index (χ0) is 8.10. The van der Waals surface area contributed by atoms with Crippen LogP contribution in [0.3, 0.4) is 0 Å². The highest BCUT2D eigenvalue weighted by Gasteiger charge is 1.97. The quantitative estimate of drug-likeness (QED) is 0.510. The Morgan fingerprint density at radius 2 is 2.00 bits per heavy atom. The fourth-order valence-electron chi connectivity index (χ4n) is 0.778. The second-order valence-corrected chi connectivity index (χ2v) is 2.01. The molecular weight excluding hydrogens is 140 g/mol. The topological polar surface area (TPSA) is 37.3 Å². The number of aliphatic hydroxyl groups excluding tert-OH is 1. The number of rotatable bonds is 2. The molecular formula is C9H7O2. The lowest BCUT2D eigenvalue weighted by Crippen LogP contribution is -1.83. The summed E-state index contributed by atoms with van der Waals surface area (Å²) in [5.74, 6) is 0. The van der Waals surface area contributed by atoms with E-state index in [1.165, 1.54) is 0 Å². The van der Waals surface area contributed by atoms with Crippen molar-refractivity contribution in [2.75, 3.05) is 0 Å². The monoisotopic (exact) mass is 147 g/mol. The molecule has 11 heavy (non-hydrogen) atoms. The molecule has 1 aromatic rings. The summed E-state index contributed by atoms with van der Waals surface area (Å²) < 4.78 is 0. The van der Waals surface area contributed by atoms with Gasteiger partial charge in [0.1, 0.15) is 0 Å². The Balaban J connectivity index is 3.01. The van der Waals surface area contributed by atoms with Crippen LogP contribution in [0.1, 0.15) is 5.56 Å². The highest BCUT2D eigenvalue weighted by Crippen LogP contribution is 2.09. The summed E-state index contributed by atoms with van der Waals surface area (Å²) in [6.07, 6.45) is 2.38. The molecule has 1 N–H and O–H groups in total. The van der Waals surface area contributed by atoms with Crippen molar-refractivity contribution in [1.29, 1.82) is 0 Å². The number of aliphatic hydroxyl groups is 1. The summed E-state index contributed by atoms with van der Waals surface area (Å²) >= 11 is 0. The van der Waals surface area contributed by atoms with Crippen LogP contribution in [0.15, 0.2) is 36.6 Å². The van der Waals surface area contributed by atoms with Crippen molar-refractivity contribution in [3.05, 3.63) is 42.2 Å². The molecule has 0 spiro atoms. The molecule has 2 nitrogen and oxygen atoms in total. The molecule has 0 aromatic heterocycles. The molecule has 0 bridgehead atoms. The summed E-state index contributed by atoms with van der Waals surface area (Å²) in [5, 5.41) is 8.55. The maximum atomic E-state index is 10.2. The lowest BCUT2D eigenvalue weighted by molar-refractivity contribution is 0.476. The maximum absolute atomic E-state index is 10.2. The summed E-state index contributed by atoms with van der Waals surface area (Å²) in [4.78, 5) is 10.2. The normalized spacial score (nSPS) is 11.1. The molecule has 0 heterocycles.